The van der Waals surface area contributed by atoms with Crippen LogP contribution in [0.1, 0.15) is 232 Å². The lowest BCUT2D eigenvalue weighted by Crippen LogP contribution is -2.46. The van der Waals surface area contributed by atoms with Crippen molar-refractivity contribution in [3.8, 4) is 0 Å². The van der Waals surface area contributed by atoms with E-state index in [-0.39, 0.29) is 19.1 Å². The van der Waals surface area contributed by atoms with Crippen LogP contribution in [0.15, 0.2) is 24.3 Å². The molecule has 0 aromatic carbocycles. The number of aliphatic hydroxyl groups excluding tert-OH is 1. The third-order valence-electron chi connectivity index (χ3n) is 11.2. The molecular weight excluding hydrogens is 744 g/mol. The quantitative estimate of drug-likeness (QED) is 0.0274. The van der Waals surface area contributed by atoms with Crippen molar-refractivity contribution in [1.82, 2.24) is 5.32 Å². The van der Waals surface area contributed by atoms with E-state index in [9.17, 15) is 19.4 Å². The lowest BCUT2D eigenvalue weighted by atomic mass is 10.0. The second kappa shape index (κ2) is 41.3. The monoisotopic (exact) mass is 841 g/mol. The molecule has 3 atom stereocenters. The zero-order valence-corrected chi connectivity index (χ0v) is 39.9. The summed E-state index contributed by atoms with van der Waals surface area (Å²) in [5.74, 6) is -0.174. The van der Waals surface area contributed by atoms with Gasteiger partial charge in [0.05, 0.1) is 39.9 Å². The van der Waals surface area contributed by atoms with Gasteiger partial charge in [0.2, 0.25) is 5.91 Å². The molecule has 2 N–H and O–H groups in total. The molecule has 1 unspecified atom stereocenters. The van der Waals surface area contributed by atoms with Crippen LogP contribution in [0.25, 0.3) is 0 Å². The number of carbonyl (C=O) groups excluding carboxylic acids is 1. The Morgan fingerprint density at radius 1 is 0.586 bits per heavy atom. The average Bonchev–Trinajstić information content (AvgIpc) is 3.17. The minimum absolute atomic E-state index is 0.00812. The molecule has 58 heavy (non-hydrogen) atoms. The minimum atomic E-state index is -4.57. The van der Waals surface area contributed by atoms with E-state index in [1.165, 1.54) is 161 Å². The summed E-state index contributed by atoms with van der Waals surface area (Å²) in [6.45, 7) is 4.70. The number of unbranched alkanes of at least 4 members (excludes halogenated alkanes) is 28. The van der Waals surface area contributed by atoms with Gasteiger partial charge >= 0.3 is 0 Å². The highest BCUT2D eigenvalue weighted by molar-refractivity contribution is 7.45. The maximum absolute atomic E-state index is 12.9. The van der Waals surface area contributed by atoms with E-state index in [1.54, 1.807) is 0 Å². The van der Waals surface area contributed by atoms with Crippen molar-refractivity contribution in [1.29, 1.82) is 0 Å². The fourth-order valence-electron chi connectivity index (χ4n) is 7.21. The van der Waals surface area contributed by atoms with Gasteiger partial charge in [-0.15, -0.1) is 0 Å². The number of allylic oxidation sites excluding steroid dienone is 4. The van der Waals surface area contributed by atoms with E-state index in [4.69, 9.17) is 9.05 Å². The molecule has 0 aromatic rings. The molecule has 0 heterocycles. The Hall–Kier alpha value is -1.02. The molecule has 0 saturated carbocycles. The van der Waals surface area contributed by atoms with Crippen LogP contribution in [-0.2, 0) is 18.4 Å². The summed E-state index contributed by atoms with van der Waals surface area (Å²) in [5, 5.41) is 13.9. The minimum Gasteiger partial charge on any atom is -0.756 e. The van der Waals surface area contributed by atoms with Crippen molar-refractivity contribution in [2.45, 2.75) is 244 Å². The Morgan fingerprint density at radius 2 is 0.948 bits per heavy atom. The van der Waals surface area contributed by atoms with Crippen LogP contribution in [0.3, 0.4) is 0 Å². The normalized spacial score (nSPS) is 14.4. The first-order valence-corrected chi connectivity index (χ1v) is 26.1. The molecule has 0 aromatic heterocycles. The van der Waals surface area contributed by atoms with Gasteiger partial charge in [0.1, 0.15) is 13.2 Å². The highest BCUT2D eigenvalue weighted by Gasteiger charge is 2.24. The summed E-state index contributed by atoms with van der Waals surface area (Å²) in [5.41, 5.74) is 0. The Kier molecular flexibility index (Phi) is 40.6. The van der Waals surface area contributed by atoms with Crippen LogP contribution < -0.4 is 10.2 Å². The standard InChI is InChI=1S/C49H97N2O6P/c1-6-8-10-12-14-16-18-20-21-22-23-24-25-26-27-28-29-31-33-35-37-39-41-43-49(53)50-47(46-57-58(54,55)56-45-44-51(3,4)5)48(52)42-40-38-36-34-32-30-19-17-15-13-11-9-7-2/h20-21,32,34,47-48,52H,6-19,22-31,33,35-46H2,1-5H3,(H-,50,53,54,55)/b21-20+,34-32+/t47-,48+/m0/s1. The SMILES string of the molecule is CCCCCCCC/C=C/CCCCCCCCCCCCCCCC(=O)N[C@@H](COP(=O)([O-])OCC[N+](C)(C)C)[C@H](O)CCCC/C=C/CCCCCCCCC. The van der Waals surface area contributed by atoms with Crippen LogP contribution in [0.4, 0.5) is 0 Å². The summed E-state index contributed by atoms with van der Waals surface area (Å²) >= 11 is 0. The molecule has 344 valence electrons. The lowest BCUT2D eigenvalue weighted by molar-refractivity contribution is -0.870. The summed E-state index contributed by atoms with van der Waals surface area (Å²) in [6, 6.07) is -0.814. The first-order chi connectivity index (χ1) is 28.0. The molecule has 0 saturated heterocycles. The van der Waals surface area contributed by atoms with Crippen molar-refractivity contribution in [3.63, 3.8) is 0 Å². The molecule has 9 heteroatoms. The fourth-order valence-corrected chi connectivity index (χ4v) is 7.93. The molecule has 0 spiro atoms. The van der Waals surface area contributed by atoms with Gasteiger partial charge < -0.3 is 28.8 Å². The second-order valence-electron chi connectivity index (χ2n) is 18.2. The third-order valence-corrected chi connectivity index (χ3v) is 12.1. The zero-order chi connectivity index (χ0) is 42.8. The summed E-state index contributed by atoms with van der Waals surface area (Å²) in [6.07, 6.45) is 49.1. The molecule has 0 aliphatic rings. The molecule has 1 amide bonds. The van der Waals surface area contributed by atoms with Gasteiger partial charge in [-0.1, -0.05) is 186 Å². The molecule has 0 aliphatic heterocycles. The predicted octanol–water partition coefficient (Wildman–Crippen LogP) is 13.5. The molecule has 0 rings (SSSR count). The van der Waals surface area contributed by atoms with Gasteiger partial charge in [-0.2, -0.15) is 0 Å². The summed E-state index contributed by atoms with van der Waals surface area (Å²) in [4.78, 5) is 25.4. The Balaban J connectivity index is 4.22. The zero-order valence-electron chi connectivity index (χ0n) is 39.0. The number of hydrogen-bond donors (Lipinski definition) is 2. The first-order valence-electron chi connectivity index (χ1n) is 24.7. The van der Waals surface area contributed by atoms with Crippen molar-refractivity contribution in [2.75, 3.05) is 40.9 Å². The number of phosphoric ester groups is 1. The highest BCUT2D eigenvalue weighted by atomic mass is 31.2. The fraction of sp³-hybridized carbons (Fsp3) is 0.898. The van der Waals surface area contributed by atoms with E-state index < -0.39 is 20.0 Å². The number of nitrogens with one attached hydrogen (secondary N) is 1. The van der Waals surface area contributed by atoms with Crippen LogP contribution >= 0.6 is 7.82 Å². The molecule has 0 fully saturated rings. The van der Waals surface area contributed by atoms with Crippen molar-refractivity contribution >= 4 is 13.7 Å². The smallest absolute Gasteiger partial charge is 0.268 e. The highest BCUT2D eigenvalue weighted by Crippen LogP contribution is 2.38. The Morgan fingerprint density at radius 3 is 1.34 bits per heavy atom. The van der Waals surface area contributed by atoms with Crippen molar-refractivity contribution in [3.05, 3.63) is 24.3 Å². The molecule has 0 bridgehead atoms. The van der Waals surface area contributed by atoms with E-state index in [2.05, 4.69) is 43.5 Å². The lowest BCUT2D eigenvalue weighted by Gasteiger charge is -2.30. The average molecular weight is 841 g/mol. The summed E-state index contributed by atoms with van der Waals surface area (Å²) < 4.78 is 23.3. The molecule has 0 aliphatic carbocycles. The topological polar surface area (TPSA) is 108 Å². The number of phosphoric acid groups is 1. The number of amides is 1. The van der Waals surface area contributed by atoms with E-state index >= 15 is 0 Å². The number of hydrogen-bond acceptors (Lipinski definition) is 6. The van der Waals surface area contributed by atoms with Gasteiger partial charge in [0, 0.05) is 6.42 Å². The predicted molar refractivity (Wildman–Crippen MR) is 247 cm³/mol. The van der Waals surface area contributed by atoms with Gasteiger partial charge in [0.25, 0.3) is 7.82 Å². The molecular formula is C49H97N2O6P. The van der Waals surface area contributed by atoms with Crippen molar-refractivity contribution in [2.24, 2.45) is 0 Å². The van der Waals surface area contributed by atoms with Crippen LogP contribution in [0.2, 0.25) is 0 Å². The van der Waals surface area contributed by atoms with E-state index in [1.807, 2.05) is 21.1 Å². The number of quaternary nitrogens is 1. The van der Waals surface area contributed by atoms with Gasteiger partial charge in [-0.3, -0.25) is 9.36 Å². The number of aliphatic hydroxyl groups is 1. The number of likely N-dealkylation sites (N-methyl/N-ethyl adjacent to an activating group) is 1. The molecule has 8 nitrogen and oxygen atoms in total. The summed E-state index contributed by atoms with van der Waals surface area (Å²) in [7, 11) is 1.29. The second-order valence-corrected chi connectivity index (χ2v) is 19.6. The van der Waals surface area contributed by atoms with Gasteiger partial charge in [-0.05, 0) is 64.2 Å². The molecule has 0 radical (unpaired) electrons. The van der Waals surface area contributed by atoms with Crippen LogP contribution in [-0.4, -0.2) is 68.5 Å². The van der Waals surface area contributed by atoms with Crippen LogP contribution in [0, 0.1) is 0 Å². The number of nitrogens with zero attached hydrogens (tertiary/aromatic N) is 1. The van der Waals surface area contributed by atoms with Gasteiger partial charge in [-0.25, -0.2) is 0 Å². The maximum Gasteiger partial charge on any atom is 0.268 e. The number of rotatable bonds is 45. The first kappa shape index (κ1) is 57.0. The van der Waals surface area contributed by atoms with E-state index in [0.29, 0.717) is 23.9 Å². The van der Waals surface area contributed by atoms with Gasteiger partial charge in [0.15, 0.2) is 0 Å². The van der Waals surface area contributed by atoms with E-state index in [0.717, 1.165) is 44.9 Å². The van der Waals surface area contributed by atoms with Crippen LogP contribution in [0.5, 0.6) is 0 Å². The third kappa shape index (κ3) is 43.1. The Labute approximate surface area is 360 Å². The maximum atomic E-state index is 12.9. The number of carbonyl (C=O) groups is 1. The van der Waals surface area contributed by atoms with Crippen molar-refractivity contribution < 1.29 is 32.9 Å². The largest absolute Gasteiger partial charge is 0.756 e. The Bertz CT molecular complexity index is 1000.